The SMILES string of the molecule is Cc1ccc(NC(=O)NC(=O)c2ccc(OCc3ccc(Cl)cc3Cl)cc2)cc1-c1nc2ccccc2[nH]1. The highest BCUT2D eigenvalue weighted by Gasteiger charge is 2.13. The molecule has 4 aromatic carbocycles. The normalized spacial score (nSPS) is 10.8. The van der Waals surface area contributed by atoms with Crippen molar-refractivity contribution >= 4 is 51.9 Å². The van der Waals surface area contributed by atoms with Crippen molar-refractivity contribution in [2.75, 3.05) is 5.32 Å². The van der Waals surface area contributed by atoms with Crippen LogP contribution in [0.15, 0.2) is 84.9 Å². The van der Waals surface area contributed by atoms with Gasteiger partial charge in [0.1, 0.15) is 18.2 Å². The van der Waals surface area contributed by atoms with Crippen LogP contribution in [0, 0.1) is 6.92 Å². The minimum atomic E-state index is -0.646. The first-order valence-corrected chi connectivity index (χ1v) is 12.5. The van der Waals surface area contributed by atoms with Crippen LogP contribution >= 0.6 is 23.2 Å². The lowest BCUT2D eigenvalue weighted by atomic mass is 10.1. The standard InChI is InChI=1S/C29H22Cl2N4O3/c1-17-6-11-21(15-23(17)27-33-25-4-2-3-5-26(25)34-27)32-29(37)35-28(36)18-8-12-22(13-9-18)38-16-19-7-10-20(30)14-24(19)31/h2-15H,16H2,1H3,(H,33,34)(H2,32,35,36,37). The van der Waals surface area contributed by atoms with E-state index in [1.54, 1.807) is 48.5 Å². The minimum absolute atomic E-state index is 0.247. The van der Waals surface area contributed by atoms with Crippen LogP contribution < -0.4 is 15.4 Å². The van der Waals surface area contributed by atoms with Crippen molar-refractivity contribution in [3.8, 4) is 17.1 Å². The third-order valence-corrected chi connectivity index (χ3v) is 6.48. The molecule has 9 heteroatoms. The Labute approximate surface area is 228 Å². The highest BCUT2D eigenvalue weighted by atomic mass is 35.5. The third-order valence-electron chi connectivity index (χ3n) is 5.89. The van der Waals surface area contributed by atoms with E-state index in [0.717, 1.165) is 27.7 Å². The summed E-state index contributed by atoms with van der Waals surface area (Å²) in [6.07, 6.45) is 0. The van der Waals surface area contributed by atoms with E-state index in [4.69, 9.17) is 27.9 Å². The number of benzene rings is 4. The molecule has 7 nitrogen and oxygen atoms in total. The molecule has 0 atom stereocenters. The zero-order chi connectivity index (χ0) is 26.6. The number of nitrogens with zero attached hydrogens (tertiary/aromatic N) is 1. The predicted molar refractivity (Wildman–Crippen MR) is 150 cm³/mol. The summed E-state index contributed by atoms with van der Waals surface area (Å²) < 4.78 is 5.74. The number of amides is 3. The van der Waals surface area contributed by atoms with Gasteiger partial charge in [-0.05, 0) is 73.2 Å². The molecule has 3 N–H and O–H groups in total. The van der Waals surface area contributed by atoms with Gasteiger partial charge in [0.05, 0.1) is 11.0 Å². The lowest BCUT2D eigenvalue weighted by molar-refractivity contribution is 0.0967. The number of fused-ring (bicyclic) bond motifs is 1. The van der Waals surface area contributed by atoms with E-state index in [1.807, 2.05) is 43.3 Å². The van der Waals surface area contributed by atoms with Gasteiger partial charge in [0.2, 0.25) is 0 Å². The van der Waals surface area contributed by atoms with E-state index in [-0.39, 0.29) is 6.61 Å². The second-order valence-corrected chi connectivity index (χ2v) is 9.43. The molecule has 5 rings (SSSR count). The Morgan fingerprint density at radius 3 is 2.50 bits per heavy atom. The van der Waals surface area contributed by atoms with Gasteiger partial charge in [0.15, 0.2) is 0 Å². The van der Waals surface area contributed by atoms with Gasteiger partial charge in [0.25, 0.3) is 5.91 Å². The Hall–Kier alpha value is -4.33. The number of para-hydroxylation sites is 2. The molecule has 0 fully saturated rings. The van der Waals surface area contributed by atoms with Crippen LogP contribution in [-0.4, -0.2) is 21.9 Å². The number of aromatic amines is 1. The van der Waals surface area contributed by atoms with Crippen molar-refractivity contribution in [2.24, 2.45) is 0 Å². The Balaban J connectivity index is 1.20. The predicted octanol–water partition coefficient (Wildman–Crippen LogP) is 7.39. The Morgan fingerprint density at radius 1 is 0.947 bits per heavy atom. The molecular formula is C29H22Cl2N4O3. The van der Waals surface area contributed by atoms with Crippen molar-refractivity contribution in [3.05, 3.63) is 112 Å². The number of imidazole rings is 1. The van der Waals surface area contributed by atoms with Crippen molar-refractivity contribution in [3.63, 3.8) is 0 Å². The second kappa shape index (κ2) is 11.0. The van der Waals surface area contributed by atoms with Gasteiger partial charge in [-0.2, -0.15) is 0 Å². The van der Waals surface area contributed by atoms with Gasteiger partial charge in [-0.15, -0.1) is 0 Å². The smallest absolute Gasteiger partial charge is 0.326 e. The third kappa shape index (κ3) is 5.80. The molecule has 0 aliphatic carbocycles. The fraction of sp³-hybridized carbons (Fsp3) is 0.0690. The van der Waals surface area contributed by atoms with Crippen molar-refractivity contribution in [1.29, 1.82) is 0 Å². The maximum atomic E-state index is 12.6. The summed E-state index contributed by atoms with van der Waals surface area (Å²) in [6.45, 7) is 2.21. The molecule has 0 saturated carbocycles. The van der Waals surface area contributed by atoms with E-state index in [1.165, 1.54) is 0 Å². The van der Waals surface area contributed by atoms with E-state index >= 15 is 0 Å². The summed E-state index contributed by atoms with van der Waals surface area (Å²) in [5.41, 5.74) is 5.24. The zero-order valence-corrected chi connectivity index (χ0v) is 21.7. The van der Waals surface area contributed by atoms with Gasteiger partial charge in [-0.1, -0.05) is 47.5 Å². The Morgan fingerprint density at radius 2 is 1.74 bits per heavy atom. The maximum absolute atomic E-state index is 12.6. The van der Waals surface area contributed by atoms with Gasteiger partial charge < -0.3 is 15.0 Å². The molecule has 0 bridgehead atoms. The highest BCUT2D eigenvalue weighted by Crippen LogP contribution is 2.27. The summed E-state index contributed by atoms with van der Waals surface area (Å²) in [5, 5.41) is 6.12. The number of ether oxygens (including phenoxy) is 1. The van der Waals surface area contributed by atoms with Crippen molar-refractivity contribution < 1.29 is 14.3 Å². The molecular weight excluding hydrogens is 523 g/mol. The number of hydrogen-bond acceptors (Lipinski definition) is 4. The van der Waals surface area contributed by atoms with E-state index in [0.29, 0.717) is 32.9 Å². The highest BCUT2D eigenvalue weighted by molar-refractivity contribution is 6.35. The van der Waals surface area contributed by atoms with Crippen LogP contribution in [-0.2, 0) is 6.61 Å². The second-order valence-electron chi connectivity index (χ2n) is 8.59. The van der Waals surface area contributed by atoms with Gasteiger partial charge >= 0.3 is 6.03 Å². The van der Waals surface area contributed by atoms with Crippen LogP contribution in [0.2, 0.25) is 10.0 Å². The summed E-state index contributed by atoms with van der Waals surface area (Å²) in [6, 6.07) is 24.2. The van der Waals surface area contributed by atoms with Crippen LogP contribution in [0.4, 0.5) is 10.5 Å². The molecule has 0 spiro atoms. The lowest BCUT2D eigenvalue weighted by Gasteiger charge is -2.10. The van der Waals surface area contributed by atoms with Gasteiger partial charge in [-0.25, -0.2) is 9.78 Å². The minimum Gasteiger partial charge on any atom is -0.489 e. The largest absolute Gasteiger partial charge is 0.489 e. The molecule has 1 aromatic heterocycles. The molecule has 0 aliphatic heterocycles. The van der Waals surface area contributed by atoms with E-state index < -0.39 is 11.9 Å². The van der Waals surface area contributed by atoms with Crippen LogP contribution in [0.1, 0.15) is 21.5 Å². The first kappa shape index (κ1) is 25.3. The number of imide groups is 1. The number of aryl methyl sites for hydroxylation is 1. The number of rotatable bonds is 6. The molecule has 1 heterocycles. The maximum Gasteiger partial charge on any atom is 0.326 e. The molecule has 0 saturated heterocycles. The van der Waals surface area contributed by atoms with Crippen LogP contribution in [0.25, 0.3) is 22.4 Å². The average molecular weight is 545 g/mol. The number of nitrogens with one attached hydrogen (secondary N) is 3. The lowest BCUT2D eigenvalue weighted by Crippen LogP contribution is -2.34. The van der Waals surface area contributed by atoms with Crippen molar-refractivity contribution in [1.82, 2.24) is 15.3 Å². The number of aromatic nitrogens is 2. The van der Waals surface area contributed by atoms with E-state index in [2.05, 4.69) is 20.6 Å². The summed E-state index contributed by atoms with van der Waals surface area (Å²) >= 11 is 12.1. The van der Waals surface area contributed by atoms with Gasteiger partial charge in [0, 0.05) is 32.4 Å². The summed E-state index contributed by atoms with van der Waals surface area (Å²) in [5.74, 6) is 0.707. The van der Waals surface area contributed by atoms with Gasteiger partial charge in [-0.3, -0.25) is 10.1 Å². The first-order valence-electron chi connectivity index (χ1n) is 11.7. The molecule has 5 aromatic rings. The molecule has 190 valence electrons. The Bertz CT molecular complexity index is 1620. The number of carbonyl (C=O) groups excluding carboxylic acids is 2. The zero-order valence-electron chi connectivity index (χ0n) is 20.2. The fourth-order valence-corrected chi connectivity index (χ4v) is 4.34. The molecule has 38 heavy (non-hydrogen) atoms. The number of halogens is 2. The molecule has 0 radical (unpaired) electrons. The summed E-state index contributed by atoms with van der Waals surface area (Å²) in [4.78, 5) is 33.1. The average Bonchev–Trinajstić information content (AvgIpc) is 3.34. The fourth-order valence-electron chi connectivity index (χ4n) is 3.88. The number of urea groups is 1. The number of carbonyl (C=O) groups is 2. The monoisotopic (exact) mass is 544 g/mol. The Kier molecular flexibility index (Phi) is 7.31. The summed E-state index contributed by atoms with van der Waals surface area (Å²) in [7, 11) is 0. The molecule has 0 aliphatic rings. The number of anilines is 1. The first-order chi connectivity index (χ1) is 18.4. The van der Waals surface area contributed by atoms with Crippen LogP contribution in [0.5, 0.6) is 5.75 Å². The number of H-pyrrole nitrogens is 1. The van der Waals surface area contributed by atoms with Crippen molar-refractivity contribution in [2.45, 2.75) is 13.5 Å². The topological polar surface area (TPSA) is 96.1 Å². The quantitative estimate of drug-likeness (QED) is 0.207. The molecule has 3 amide bonds. The van der Waals surface area contributed by atoms with Crippen LogP contribution in [0.3, 0.4) is 0 Å². The molecule has 0 unspecified atom stereocenters. The van der Waals surface area contributed by atoms with E-state index in [9.17, 15) is 9.59 Å². The number of hydrogen-bond donors (Lipinski definition) is 3.